The summed E-state index contributed by atoms with van der Waals surface area (Å²) < 4.78 is 2.35. The Morgan fingerprint density at radius 2 is 2.12 bits per heavy atom. The topological polar surface area (TPSA) is 29.9 Å². The summed E-state index contributed by atoms with van der Waals surface area (Å²) in [5, 5.41) is 3.49. The monoisotopic (exact) mass is 221 g/mol. The number of aryl methyl sites for hydroxylation is 1. The van der Waals surface area contributed by atoms with Crippen molar-refractivity contribution < 1.29 is 0 Å². The molecule has 3 heteroatoms. The lowest BCUT2D eigenvalue weighted by Crippen LogP contribution is -2.40. The first-order chi connectivity index (χ1) is 7.47. The Balaban J connectivity index is 2.32. The standard InChI is InChI=1S/C13H23N3/c1-9-10(2)16(8-15-9)11-6-7-13(3,4)12(11)14-5/h8,11-12,14H,6-7H2,1-5H3. The van der Waals surface area contributed by atoms with Crippen LogP contribution in [-0.2, 0) is 0 Å². The molecule has 1 aromatic rings. The SMILES string of the molecule is CNC1C(n2cnc(C)c2C)CCC1(C)C. The van der Waals surface area contributed by atoms with Crippen molar-refractivity contribution in [3.8, 4) is 0 Å². The molecule has 2 unspecified atom stereocenters. The quantitative estimate of drug-likeness (QED) is 0.831. The van der Waals surface area contributed by atoms with Gasteiger partial charge in [0.15, 0.2) is 0 Å². The summed E-state index contributed by atoms with van der Waals surface area (Å²) in [5.41, 5.74) is 2.84. The largest absolute Gasteiger partial charge is 0.330 e. The molecule has 0 aromatic carbocycles. The van der Waals surface area contributed by atoms with Crippen molar-refractivity contribution in [1.29, 1.82) is 0 Å². The van der Waals surface area contributed by atoms with E-state index in [1.807, 2.05) is 6.33 Å². The van der Waals surface area contributed by atoms with Crippen molar-refractivity contribution >= 4 is 0 Å². The van der Waals surface area contributed by atoms with E-state index in [0.29, 0.717) is 17.5 Å². The van der Waals surface area contributed by atoms with Gasteiger partial charge in [-0.1, -0.05) is 13.8 Å². The van der Waals surface area contributed by atoms with Crippen LogP contribution in [0.3, 0.4) is 0 Å². The maximum Gasteiger partial charge on any atom is 0.0954 e. The lowest BCUT2D eigenvalue weighted by atomic mass is 9.86. The zero-order chi connectivity index (χ0) is 11.9. The van der Waals surface area contributed by atoms with Crippen LogP contribution < -0.4 is 5.32 Å². The van der Waals surface area contributed by atoms with Gasteiger partial charge in [-0.05, 0) is 39.2 Å². The fraction of sp³-hybridized carbons (Fsp3) is 0.769. The highest BCUT2D eigenvalue weighted by Crippen LogP contribution is 2.44. The van der Waals surface area contributed by atoms with Crippen LogP contribution in [0.5, 0.6) is 0 Å². The molecular formula is C13H23N3. The van der Waals surface area contributed by atoms with Crippen LogP contribution in [0.2, 0.25) is 0 Å². The van der Waals surface area contributed by atoms with Crippen LogP contribution in [0.4, 0.5) is 0 Å². The Labute approximate surface area is 98.3 Å². The van der Waals surface area contributed by atoms with Gasteiger partial charge in [0.1, 0.15) is 0 Å². The van der Waals surface area contributed by atoms with Gasteiger partial charge in [0.25, 0.3) is 0 Å². The fourth-order valence-electron chi connectivity index (χ4n) is 3.10. The van der Waals surface area contributed by atoms with Crippen LogP contribution >= 0.6 is 0 Å². The summed E-state index contributed by atoms with van der Waals surface area (Å²) in [6.07, 6.45) is 4.52. The van der Waals surface area contributed by atoms with Gasteiger partial charge >= 0.3 is 0 Å². The molecule has 1 aliphatic rings. The number of nitrogens with zero attached hydrogens (tertiary/aromatic N) is 2. The van der Waals surface area contributed by atoms with Crippen LogP contribution in [0, 0.1) is 19.3 Å². The number of imidazole rings is 1. The van der Waals surface area contributed by atoms with E-state index in [9.17, 15) is 0 Å². The first-order valence-electron chi connectivity index (χ1n) is 6.14. The molecule has 1 aromatic heterocycles. The van der Waals surface area contributed by atoms with Crippen LogP contribution in [0.25, 0.3) is 0 Å². The molecule has 90 valence electrons. The third-order valence-corrected chi connectivity index (χ3v) is 4.27. The van der Waals surface area contributed by atoms with E-state index in [-0.39, 0.29) is 0 Å². The zero-order valence-electron chi connectivity index (χ0n) is 11.0. The Kier molecular flexibility index (Phi) is 2.82. The molecule has 0 bridgehead atoms. The Hall–Kier alpha value is -0.830. The van der Waals surface area contributed by atoms with Crippen LogP contribution in [0.1, 0.15) is 44.1 Å². The lowest BCUT2D eigenvalue weighted by Gasteiger charge is -2.31. The molecule has 2 rings (SSSR count). The fourth-order valence-corrected chi connectivity index (χ4v) is 3.10. The first-order valence-corrected chi connectivity index (χ1v) is 6.14. The molecule has 0 radical (unpaired) electrons. The lowest BCUT2D eigenvalue weighted by molar-refractivity contribution is 0.260. The van der Waals surface area contributed by atoms with Gasteiger partial charge in [0.2, 0.25) is 0 Å². The predicted octanol–water partition coefficient (Wildman–Crippen LogP) is 2.45. The first kappa shape index (κ1) is 11.6. The second-order valence-electron chi connectivity index (χ2n) is 5.68. The molecule has 0 saturated heterocycles. The molecule has 0 spiro atoms. The third kappa shape index (κ3) is 1.67. The van der Waals surface area contributed by atoms with Crippen molar-refractivity contribution in [2.75, 3.05) is 7.05 Å². The minimum Gasteiger partial charge on any atom is -0.330 e. The van der Waals surface area contributed by atoms with Crippen molar-refractivity contribution in [2.45, 2.75) is 52.6 Å². The Morgan fingerprint density at radius 1 is 1.44 bits per heavy atom. The molecular weight excluding hydrogens is 198 g/mol. The van der Waals surface area contributed by atoms with E-state index in [0.717, 1.165) is 5.69 Å². The average molecular weight is 221 g/mol. The smallest absolute Gasteiger partial charge is 0.0954 e. The summed E-state index contributed by atoms with van der Waals surface area (Å²) in [5.74, 6) is 0. The normalized spacial score (nSPS) is 28.6. The van der Waals surface area contributed by atoms with Gasteiger partial charge in [-0.15, -0.1) is 0 Å². The maximum absolute atomic E-state index is 4.41. The van der Waals surface area contributed by atoms with E-state index in [2.05, 4.69) is 49.6 Å². The molecule has 1 N–H and O–H groups in total. The highest BCUT2D eigenvalue weighted by molar-refractivity contribution is 5.12. The number of hydrogen-bond acceptors (Lipinski definition) is 2. The third-order valence-electron chi connectivity index (χ3n) is 4.27. The van der Waals surface area contributed by atoms with Crippen LogP contribution in [0.15, 0.2) is 6.33 Å². The summed E-state index contributed by atoms with van der Waals surface area (Å²) in [7, 11) is 2.07. The van der Waals surface area contributed by atoms with Gasteiger partial charge in [-0.25, -0.2) is 4.98 Å². The molecule has 1 aliphatic carbocycles. The van der Waals surface area contributed by atoms with Crippen molar-refractivity contribution in [2.24, 2.45) is 5.41 Å². The van der Waals surface area contributed by atoms with E-state index in [1.165, 1.54) is 18.5 Å². The number of likely N-dealkylation sites (N-methyl/N-ethyl adjacent to an activating group) is 1. The van der Waals surface area contributed by atoms with E-state index in [4.69, 9.17) is 0 Å². The van der Waals surface area contributed by atoms with Gasteiger partial charge in [-0.2, -0.15) is 0 Å². The molecule has 1 saturated carbocycles. The highest BCUT2D eigenvalue weighted by atomic mass is 15.1. The molecule has 0 aliphatic heterocycles. The van der Waals surface area contributed by atoms with Crippen molar-refractivity contribution in [1.82, 2.24) is 14.9 Å². The van der Waals surface area contributed by atoms with Crippen molar-refractivity contribution in [3.63, 3.8) is 0 Å². The number of nitrogens with one attached hydrogen (secondary N) is 1. The van der Waals surface area contributed by atoms with Gasteiger partial charge in [-0.3, -0.25) is 0 Å². The summed E-state index contributed by atoms with van der Waals surface area (Å²) in [4.78, 5) is 4.41. The van der Waals surface area contributed by atoms with Crippen LogP contribution in [-0.4, -0.2) is 22.6 Å². The summed E-state index contributed by atoms with van der Waals surface area (Å²) in [6, 6.07) is 1.10. The van der Waals surface area contributed by atoms with E-state index in [1.54, 1.807) is 0 Å². The van der Waals surface area contributed by atoms with E-state index >= 15 is 0 Å². The molecule has 3 nitrogen and oxygen atoms in total. The predicted molar refractivity (Wildman–Crippen MR) is 66.6 cm³/mol. The highest BCUT2D eigenvalue weighted by Gasteiger charge is 2.42. The molecule has 16 heavy (non-hydrogen) atoms. The van der Waals surface area contributed by atoms with Gasteiger partial charge in [0, 0.05) is 11.7 Å². The summed E-state index contributed by atoms with van der Waals surface area (Å²) in [6.45, 7) is 8.96. The molecule has 2 atom stereocenters. The Morgan fingerprint density at radius 3 is 2.62 bits per heavy atom. The average Bonchev–Trinajstić information content (AvgIpc) is 2.69. The number of rotatable bonds is 2. The zero-order valence-corrected chi connectivity index (χ0v) is 11.0. The molecule has 1 heterocycles. The molecule has 0 amide bonds. The minimum absolute atomic E-state index is 0.379. The second-order valence-corrected chi connectivity index (χ2v) is 5.68. The van der Waals surface area contributed by atoms with Gasteiger partial charge in [0.05, 0.1) is 18.1 Å². The minimum atomic E-state index is 0.379. The molecule has 1 fully saturated rings. The second kappa shape index (κ2) is 3.88. The van der Waals surface area contributed by atoms with Gasteiger partial charge < -0.3 is 9.88 Å². The van der Waals surface area contributed by atoms with E-state index < -0.39 is 0 Å². The Bertz CT molecular complexity index is 379. The summed E-state index contributed by atoms with van der Waals surface area (Å²) >= 11 is 0. The number of aromatic nitrogens is 2. The maximum atomic E-state index is 4.41. The number of hydrogen-bond donors (Lipinski definition) is 1. The van der Waals surface area contributed by atoms with Crippen molar-refractivity contribution in [3.05, 3.63) is 17.7 Å².